The molecule has 0 spiro atoms. The lowest BCUT2D eigenvalue weighted by Crippen LogP contribution is -2.59. The Morgan fingerprint density at radius 3 is 2.50 bits per heavy atom. The Kier molecular flexibility index (Phi) is 7.07. The fourth-order valence-electron chi connectivity index (χ4n) is 4.19. The second-order valence-corrected chi connectivity index (χ2v) is 8.47. The summed E-state index contributed by atoms with van der Waals surface area (Å²) < 4.78 is 5.59. The number of nitrogens with one attached hydrogen (secondary N) is 1. The highest BCUT2D eigenvalue weighted by molar-refractivity contribution is 6.30. The zero-order chi connectivity index (χ0) is 20.1. The van der Waals surface area contributed by atoms with E-state index >= 15 is 0 Å². The van der Waals surface area contributed by atoms with Gasteiger partial charge in [0.1, 0.15) is 0 Å². The predicted octanol–water partition coefficient (Wildman–Crippen LogP) is 2.46. The summed E-state index contributed by atoms with van der Waals surface area (Å²) in [5.74, 6) is 0.996. The number of nitrogens with zero attached hydrogens (tertiary/aromatic N) is 4. The molecule has 2 aliphatic heterocycles. The molecule has 0 saturated carbocycles. The summed E-state index contributed by atoms with van der Waals surface area (Å²) in [6.45, 7) is 8.53. The van der Waals surface area contributed by atoms with Crippen LogP contribution in [0.15, 0.2) is 23.2 Å². The van der Waals surface area contributed by atoms with E-state index < -0.39 is 0 Å². The van der Waals surface area contributed by atoms with Gasteiger partial charge in [-0.25, -0.2) is 0 Å². The van der Waals surface area contributed by atoms with Crippen molar-refractivity contribution in [3.63, 3.8) is 0 Å². The highest BCUT2D eigenvalue weighted by atomic mass is 35.5. The fraction of sp³-hybridized carbons (Fsp3) is 0.667. The third-order valence-electron chi connectivity index (χ3n) is 6.25. The summed E-state index contributed by atoms with van der Waals surface area (Å²) in [6, 6.07) is 6.13. The van der Waals surface area contributed by atoms with Crippen molar-refractivity contribution in [2.75, 3.05) is 72.0 Å². The van der Waals surface area contributed by atoms with Crippen molar-refractivity contribution in [1.29, 1.82) is 0 Å². The van der Waals surface area contributed by atoms with E-state index in [0.717, 1.165) is 69.8 Å². The van der Waals surface area contributed by atoms with Crippen LogP contribution in [0.2, 0.25) is 5.02 Å². The van der Waals surface area contributed by atoms with Gasteiger partial charge in [-0.1, -0.05) is 17.7 Å². The van der Waals surface area contributed by atoms with Crippen LogP contribution in [0, 0.1) is 6.92 Å². The number of aliphatic imine (C=N–C) groups is 1. The molecule has 156 valence electrons. The summed E-state index contributed by atoms with van der Waals surface area (Å²) in [5, 5.41) is 4.44. The van der Waals surface area contributed by atoms with Crippen LogP contribution >= 0.6 is 11.6 Å². The summed E-state index contributed by atoms with van der Waals surface area (Å²) in [6.07, 6.45) is 2.09. The molecule has 2 saturated heterocycles. The minimum atomic E-state index is 0.133. The molecule has 0 radical (unpaired) electrons. The van der Waals surface area contributed by atoms with E-state index in [0.29, 0.717) is 0 Å². The van der Waals surface area contributed by atoms with Crippen molar-refractivity contribution in [3.05, 3.63) is 28.8 Å². The first-order valence-corrected chi connectivity index (χ1v) is 10.5. The van der Waals surface area contributed by atoms with Gasteiger partial charge in [0.2, 0.25) is 0 Å². The third-order valence-corrected chi connectivity index (χ3v) is 6.49. The Morgan fingerprint density at radius 1 is 1.21 bits per heavy atom. The molecule has 0 atom stereocenters. The van der Waals surface area contributed by atoms with E-state index in [1.165, 1.54) is 11.3 Å². The number of rotatable bonds is 4. The number of benzene rings is 1. The van der Waals surface area contributed by atoms with E-state index in [1.54, 1.807) is 0 Å². The molecule has 28 heavy (non-hydrogen) atoms. The van der Waals surface area contributed by atoms with Crippen LogP contribution in [-0.4, -0.2) is 88.4 Å². The lowest BCUT2D eigenvalue weighted by Gasteiger charge is -2.44. The molecule has 0 unspecified atom stereocenters. The minimum absolute atomic E-state index is 0.133. The first kappa shape index (κ1) is 21.2. The van der Waals surface area contributed by atoms with Gasteiger partial charge in [-0.2, -0.15) is 0 Å². The molecule has 0 aliphatic carbocycles. The van der Waals surface area contributed by atoms with Crippen molar-refractivity contribution in [3.8, 4) is 0 Å². The number of hydrogen-bond acceptors (Lipinski definition) is 4. The maximum Gasteiger partial charge on any atom is 0.193 e. The summed E-state index contributed by atoms with van der Waals surface area (Å²) in [5.41, 5.74) is 2.64. The molecule has 2 heterocycles. The van der Waals surface area contributed by atoms with Crippen LogP contribution in [0.1, 0.15) is 18.4 Å². The van der Waals surface area contributed by atoms with Crippen LogP contribution in [0.4, 0.5) is 5.69 Å². The number of ether oxygens (including phenoxy) is 1. The van der Waals surface area contributed by atoms with Crippen molar-refractivity contribution in [2.45, 2.75) is 25.3 Å². The maximum atomic E-state index is 6.21. The molecule has 0 amide bonds. The van der Waals surface area contributed by atoms with Gasteiger partial charge in [0.25, 0.3) is 0 Å². The normalized spacial score (nSPS) is 20.6. The molecule has 2 aliphatic rings. The van der Waals surface area contributed by atoms with Gasteiger partial charge in [0.05, 0.1) is 0 Å². The average molecular weight is 408 g/mol. The molecule has 1 aromatic carbocycles. The number of guanidine groups is 1. The standard InChI is InChI=1S/C21H34ClN5O/c1-17-5-6-18(22)15-19(17)26-9-11-27(12-10-26)20(23-2)24-16-21(25(3)4)7-13-28-14-8-21/h5-6,15H,7-14,16H2,1-4H3,(H,23,24). The number of hydrogen-bond donors (Lipinski definition) is 1. The molecular weight excluding hydrogens is 374 g/mol. The number of piperazine rings is 1. The third kappa shape index (κ3) is 4.73. The molecule has 1 N–H and O–H groups in total. The van der Waals surface area contributed by atoms with Crippen LogP contribution in [0.3, 0.4) is 0 Å². The van der Waals surface area contributed by atoms with E-state index in [1.807, 2.05) is 13.1 Å². The molecule has 0 aromatic heterocycles. The van der Waals surface area contributed by atoms with Gasteiger partial charge in [0, 0.05) is 69.2 Å². The first-order valence-electron chi connectivity index (χ1n) is 10.2. The molecule has 0 bridgehead atoms. The fourth-order valence-corrected chi connectivity index (χ4v) is 4.36. The SMILES string of the molecule is CN=C(NCC1(N(C)C)CCOCC1)N1CCN(c2cc(Cl)ccc2C)CC1. The minimum Gasteiger partial charge on any atom is -0.381 e. The Morgan fingerprint density at radius 2 is 1.89 bits per heavy atom. The number of aryl methyl sites for hydroxylation is 1. The number of likely N-dealkylation sites (N-methyl/N-ethyl adjacent to an activating group) is 1. The quantitative estimate of drug-likeness (QED) is 0.613. The van der Waals surface area contributed by atoms with Crippen LogP contribution in [0.5, 0.6) is 0 Å². The second-order valence-electron chi connectivity index (χ2n) is 8.04. The molecule has 3 rings (SSSR count). The summed E-state index contributed by atoms with van der Waals surface area (Å²) >= 11 is 6.21. The van der Waals surface area contributed by atoms with Crippen LogP contribution < -0.4 is 10.2 Å². The smallest absolute Gasteiger partial charge is 0.193 e. The zero-order valence-corrected chi connectivity index (χ0v) is 18.4. The topological polar surface area (TPSA) is 43.3 Å². The Hall–Kier alpha value is -1.50. The van der Waals surface area contributed by atoms with E-state index in [9.17, 15) is 0 Å². The molecule has 6 nitrogen and oxygen atoms in total. The van der Waals surface area contributed by atoms with E-state index in [2.05, 4.69) is 58.2 Å². The lowest BCUT2D eigenvalue weighted by molar-refractivity contribution is -0.00526. The van der Waals surface area contributed by atoms with Gasteiger partial charge < -0.3 is 24.8 Å². The van der Waals surface area contributed by atoms with Crippen molar-refractivity contribution >= 4 is 23.2 Å². The van der Waals surface area contributed by atoms with Crippen molar-refractivity contribution < 1.29 is 4.74 Å². The highest BCUT2D eigenvalue weighted by Crippen LogP contribution is 2.26. The average Bonchev–Trinajstić information content (AvgIpc) is 2.71. The van der Waals surface area contributed by atoms with E-state index in [-0.39, 0.29) is 5.54 Å². The monoisotopic (exact) mass is 407 g/mol. The lowest BCUT2D eigenvalue weighted by atomic mass is 9.88. The Labute approximate surface area is 174 Å². The van der Waals surface area contributed by atoms with Crippen molar-refractivity contribution in [2.24, 2.45) is 4.99 Å². The first-order chi connectivity index (χ1) is 13.4. The zero-order valence-electron chi connectivity index (χ0n) is 17.7. The molecule has 7 heteroatoms. The maximum absolute atomic E-state index is 6.21. The van der Waals surface area contributed by atoms with E-state index in [4.69, 9.17) is 16.3 Å². The molecular formula is C21H34ClN5O. The largest absolute Gasteiger partial charge is 0.381 e. The second kappa shape index (κ2) is 9.33. The number of halogens is 1. The molecule has 2 fully saturated rings. The number of anilines is 1. The summed E-state index contributed by atoms with van der Waals surface area (Å²) in [4.78, 5) is 11.7. The van der Waals surface area contributed by atoms with Gasteiger partial charge in [-0.05, 0) is 51.6 Å². The predicted molar refractivity (Wildman–Crippen MR) is 118 cm³/mol. The van der Waals surface area contributed by atoms with Crippen molar-refractivity contribution in [1.82, 2.24) is 15.1 Å². The van der Waals surface area contributed by atoms with Crippen LogP contribution in [-0.2, 0) is 4.74 Å². The van der Waals surface area contributed by atoms with Crippen LogP contribution in [0.25, 0.3) is 0 Å². The Balaban J connectivity index is 1.58. The molecule has 1 aromatic rings. The van der Waals surface area contributed by atoms with Gasteiger partial charge in [0.15, 0.2) is 5.96 Å². The highest BCUT2D eigenvalue weighted by Gasteiger charge is 2.35. The van der Waals surface area contributed by atoms with Gasteiger partial charge in [-0.15, -0.1) is 0 Å². The Bertz CT molecular complexity index is 679. The van der Waals surface area contributed by atoms with Gasteiger partial charge >= 0.3 is 0 Å². The summed E-state index contributed by atoms with van der Waals surface area (Å²) in [7, 11) is 6.21. The van der Waals surface area contributed by atoms with Gasteiger partial charge in [-0.3, -0.25) is 4.99 Å².